The fourth-order valence-corrected chi connectivity index (χ4v) is 2.24. The van der Waals surface area contributed by atoms with Gasteiger partial charge in [-0.3, -0.25) is 4.90 Å². The average Bonchev–Trinajstić information content (AvgIpc) is 2.17. The molecule has 0 aromatic heterocycles. The summed E-state index contributed by atoms with van der Waals surface area (Å²) in [5.41, 5.74) is 0.413. The Morgan fingerprint density at radius 1 is 1.40 bits per heavy atom. The van der Waals surface area contributed by atoms with Crippen LogP contribution in [0.1, 0.15) is 33.6 Å². The molecule has 1 aliphatic heterocycles. The average molecular weight is 213 g/mol. The van der Waals surface area contributed by atoms with E-state index < -0.39 is 0 Å². The van der Waals surface area contributed by atoms with Crippen LogP contribution in [0.3, 0.4) is 0 Å². The van der Waals surface area contributed by atoms with E-state index >= 15 is 0 Å². The maximum absolute atomic E-state index is 8.42. The first kappa shape index (κ1) is 12.5. The van der Waals surface area contributed by atoms with E-state index in [-0.39, 0.29) is 0 Å². The molecular formula is C12H23NO2. The van der Waals surface area contributed by atoms with Crippen LogP contribution in [0.15, 0.2) is 12.3 Å². The van der Waals surface area contributed by atoms with Gasteiger partial charge in [-0.05, 0) is 37.3 Å². The Morgan fingerprint density at radius 2 is 1.93 bits per heavy atom. The molecule has 1 saturated heterocycles. The SMILES string of the molecule is C=C(CN1CCC(C(C)(C)C)CC1)OO. The van der Waals surface area contributed by atoms with E-state index in [1.54, 1.807) is 0 Å². The van der Waals surface area contributed by atoms with E-state index in [2.05, 4.69) is 37.1 Å². The Balaban J connectivity index is 2.33. The monoisotopic (exact) mass is 213 g/mol. The van der Waals surface area contributed by atoms with Crippen molar-refractivity contribution < 1.29 is 10.1 Å². The number of likely N-dealkylation sites (tertiary alicyclic amines) is 1. The number of hydrogen-bond acceptors (Lipinski definition) is 3. The molecule has 3 heteroatoms. The molecule has 0 aromatic rings. The molecule has 0 aliphatic carbocycles. The molecule has 1 N–H and O–H groups in total. The molecule has 0 bridgehead atoms. The third-order valence-electron chi connectivity index (χ3n) is 3.34. The highest BCUT2D eigenvalue weighted by Crippen LogP contribution is 2.34. The fraction of sp³-hybridized carbons (Fsp3) is 0.833. The van der Waals surface area contributed by atoms with Crippen molar-refractivity contribution in [1.82, 2.24) is 4.90 Å². The standard InChI is InChI=1S/C12H23NO2/c1-10(15-14)9-13-7-5-11(6-8-13)12(2,3)4/h11,14H,1,5-9H2,2-4H3. The van der Waals surface area contributed by atoms with Crippen molar-refractivity contribution in [2.45, 2.75) is 33.6 Å². The molecule has 0 radical (unpaired) electrons. The highest BCUT2D eigenvalue weighted by atomic mass is 17.1. The minimum atomic E-state index is 0.413. The summed E-state index contributed by atoms with van der Waals surface area (Å²) in [4.78, 5) is 6.39. The topological polar surface area (TPSA) is 32.7 Å². The lowest BCUT2D eigenvalue weighted by Gasteiger charge is -2.38. The van der Waals surface area contributed by atoms with Crippen molar-refractivity contribution in [1.29, 1.82) is 0 Å². The molecule has 3 nitrogen and oxygen atoms in total. The van der Waals surface area contributed by atoms with Crippen molar-refractivity contribution >= 4 is 0 Å². The quantitative estimate of drug-likeness (QED) is 0.444. The van der Waals surface area contributed by atoms with Crippen molar-refractivity contribution in [3.8, 4) is 0 Å². The Morgan fingerprint density at radius 3 is 2.33 bits per heavy atom. The van der Waals surface area contributed by atoms with E-state index in [0.29, 0.717) is 17.7 Å². The molecule has 1 fully saturated rings. The highest BCUT2D eigenvalue weighted by molar-refractivity contribution is 4.88. The van der Waals surface area contributed by atoms with Crippen LogP contribution in [0.2, 0.25) is 0 Å². The maximum Gasteiger partial charge on any atom is 0.149 e. The van der Waals surface area contributed by atoms with Gasteiger partial charge in [0.25, 0.3) is 0 Å². The fourth-order valence-electron chi connectivity index (χ4n) is 2.24. The van der Waals surface area contributed by atoms with Crippen LogP contribution < -0.4 is 0 Å². The van der Waals surface area contributed by atoms with Gasteiger partial charge in [0, 0.05) is 0 Å². The number of hydrogen-bond donors (Lipinski definition) is 1. The molecule has 15 heavy (non-hydrogen) atoms. The predicted molar refractivity (Wildman–Crippen MR) is 61.5 cm³/mol. The molecule has 0 atom stereocenters. The molecule has 0 spiro atoms. The van der Waals surface area contributed by atoms with Crippen LogP contribution in [0, 0.1) is 11.3 Å². The Kier molecular flexibility index (Phi) is 4.17. The third-order valence-corrected chi connectivity index (χ3v) is 3.34. The van der Waals surface area contributed by atoms with Gasteiger partial charge >= 0.3 is 0 Å². The van der Waals surface area contributed by atoms with Gasteiger partial charge in [0.05, 0.1) is 6.54 Å². The molecule has 0 unspecified atom stereocenters. The smallest absolute Gasteiger partial charge is 0.149 e. The summed E-state index contributed by atoms with van der Waals surface area (Å²) >= 11 is 0. The Hall–Kier alpha value is -0.540. The summed E-state index contributed by atoms with van der Waals surface area (Å²) in [6, 6.07) is 0. The highest BCUT2D eigenvalue weighted by Gasteiger charge is 2.28. The zero-order chi connectivity index (χ0) is 11.5. The normalized spacial score (nSPS) is 20.3. The largest absolute Gasteiger partial charge is 0.344 e. The molecule has 1 rings (SSSR count). The van der Waals surface area contributed by atoms with E-state index in [1.807, 2.05) is 0 Å². The molecule has 1 heterocycles. The van der Waals surface area contributed by atoms with Crippen molar-refractivity contribution in [2.75, 3.05) is 19.6 Å². The maximum atomic E-state index is 8.42. The minimum Gasteiger partial charge on any atom is -0.344 e. The van der Waals surface area contributed by atoms with E-state index in [9.17, 15) is 0 Å². The van der Waals surface area contributed by atoms with Gasteiger partial charge in [-0.25, -0.2) is 5.26 Å². The second-order valence-corrected chi connectivity index (χ2v) is 5.55. The first-order valence-electron chi connectivity index (χ1n) is 5.65. The Bertz CT molecular complexity index is 212. The molecule has 88 valence electrons. The second-order valence-electron chi connectivity index (χ2n) is 5.55. The van der Waals surface area contributed by atoms with Gasteiger partial charge in [0.15, 0.2) is 0 Å². The van der Waals surface area contributed by atoms with Gasteiger partial charge in [-0.2, -0.15) is 0 Å². The summed E-state index contributed by atoms with van der Waals surface area (Å²) in [6.45, 7) is 13.3. The summed E-state index contributed by atoms with van der Waals surface area (Å²) < 4.78 is 0. The Labute approximate surface area is 92.7 Å². The third kappa shape index (κ3) is 3.84. The van der Waals surface area contributed by atoms with Crippen molar-refractivity contribution in [3.63, 3.8) is 0 Å². The van der Waals surface area contributed by atoms with Gasteiger partial charge in [-0.15, -0.1) is 0 Å². The molecule has 0 aromatic carbocycles. The molecule has 0 saturated carbocycles. The van der Waals surface area contributed by atoms with Crippen molar-refractivity contribution in [3.05, 3.63) is 12.3 Å². The van der Waals surface area contributed by atoms with Crippen LogP contribution in [-0.2, 0) is 4.89 Å². The van der Waals surface area contributed by atoms with E-state index in [4.69, 9.17) is 5.26 Å². The van der Waals surface area contributed by atoms with Gasteiger partial charge in [-0.1, -0.05) is 27.4 Å². The zero-order valence-electron chi connectivity index (χ0n) is 10.1. The van der Waals surface area contributed by atoms with Crippen LogP contribution in [0.5, 0.6) is 0 Å². The lowest BCUT2D eigenvalue weighted by Crippen LogP contribution is -2.38. The summed E-state index contributed by atoms with van der Waals surface area (Å²) in [5, 5.41) is 8.42. The number of rotatable bonds is 3. The van der Waals surface area contributed by atoms with Crippen LogP contribution in [0.4, 0.5) is 0 Å². The first-order valence-corrected chi connectivity index (χ1v) is 5.65. The first-order chi connectivity index (χ1) is 6.93. The van der Waals surface area contributed by atoms with Crippen LogP contribution >= 0.6 is 0 Å². The minimum absolute atomic E-state index is 0.413. The molecular weight excluding hydrogens is 190 g/mol. The predicted octanol–water partition coefficient (Wildman–Crippen LogP) is 2.75. The van der Waals surface area contributed by atoms with Crippen LogP contribution in [-0.4, -0.2) is 29.8 Å². The van der Waals surface area contributed by atoms with Crippen molar-refractivity contribution in [2.24, 2.45) is 11.3 Å². The number of piperidine rings is 1. The molecule has 0 amide bonds. The van der Waals surface area contributed by atoms with Gasteiger partial charge < -0.3 is 4.89 Å². The van der Waals surface area contributed by atoms with Gasteiger partial charge in [0.1, 0.15) is 5.76 Å². The van der Waals surface area contributed by atoms with E-state index in [0.717, 1.165) is 19.0 Å². The lowest BCUT2D eigenvalue weighted by atomic mass is 9.75. The number of nitrogens with zero attached hydrogens (tertiary/aromatic N) is 1. The second kappa shape index (κ2) is 4.99. The van der Waals surface area contributed by atoms with Crippen LogP contribution in [0.25, 0.3) is 0 Å². The summed E-state index contributed by atoms with van der Waals surface area (Å²) in [6.07, 6.45) is 2.45. The lowest BCUT2D eigenvalue weighted by molar-refractivity contribution is -0.206. The summed E-state index contributed by atoms with van der Waals surface area (Å²) in [5.74, 6) is 1.24. The zero-order valence-corrected chi connectivity index (χ0v) is 10.1. The van der Waals surface area contributed by atoms with Gasteiger partial charge in [0.2, 0.25) is 0 Å². The molecule has 1 aliphatic rings. The summed E-state index contributed by atoms with van der Waals surface area (Å²) in [7, 11) is 0. The van der Waals surface area contributed by atoms with E-state index in [1.165, 1.54) is 12.8 Å².